The molecule has 8 nitrogen and oxygen atoms in total. The van der Waals surface area contributed by atoms with E-state index >= 15 is 0 Å². The SMILES string of the molecule is CC1(COc2cc3ncn(-c4ccc5cccc(N6CCC(N)CC6)c5n4)c3cc2O)COC1. The van der Waals surface area contributed by atoms with Crippen LogP contribution in [-0.4, -0.2) is 58.6 Å². The number of anilines is 1. The zero-order valence-corrected chi connectivity index (χ0v) is 19.3. The summed E-state index contributed by atoms with van der Waals surface area (Å²) in [4.78, 5) is 12.0. The van der Waals surface area contributed by atoms with Gasteiger partial charge in [-0.1, -0.05) is 19.1 Å². The maximum Gasteiger partial charge on any atom is 0.163 e. The molecule has 0 aliphatic carbocycles. The van der Waals surface area contributed by atoms with E-state index in [-0.39, 0.29) is 17.2 Å². The molecule has 2 aliphatic heterocycles. The second kappa shape index (κ2) is 8.14. The number of rotatable bonds is 5. The number of ether oxygens (including phenoxy) is 2. The lowest BCUT2D eigenvalue weighted by molar-refractivity contribution is -0.120. The molecule has 8 heteroatoms. The molecule has 0 bridgehead atoms. The molecule has 0 radical (unpaired) electrons. The fourth-order valence-electron chi connectivity index (χ4n) is 4.76. The number of benzene rings is 2. The van der Waals surface area contributed by atoms with E-state index in [1.807, 2.05) is 10.6 Å². The van der Waals surface area contributed by atoms with Crippen LogP contribution >= 0.6 is 0 Å². The fraction of sp³-hybridized carbons (Fsp3) is 0.385. The maximum atomic E-state index is 10.7. The lowest BCUT2D eigenvalue weighted by Gasteiger charge is -2.37. The summed E-state index contributed by atoms with van der Waals surface area (Å²) in [6.45, 7) is 5.81. The first-order valence-corrected chi connectivity index (χ1v) is 11.8. The van der Waals surface area contributed by atoms with Crippen LogP contribution in [0.4, 0.5) is 5.69 Å². The lowest BCUT2D eigenvalue weighted by atomic mass is 9.90. The topological polar surface area (TPSA) is 98.7 Å². The predicted molar refractivity (Wildman–Crippen MR) is 132 cm³/mol. The van der Waals surface area contributed by atoms with Crippen molar-refractivity contribution in [3.05, 3.63) is 48.8 Å². The molecule has 4 aromatic rings. The summed E-state index contributed by atoms with van der Waals surface area (Å²) in [5.41, 5.74) is 9.70. The molecule has 2 saturated heterocycles. The van der Waals surface area contributed by atoms with E-state index in [1.165, 1.54) is 0 Å². The summed E-state index contributed by atoms with van der Waals surface area (Å²) in [6, 6.07) is 14.1. The van der Waals surface area contributed by atoms with E-state index in [0.29, 0.717) is 25.6 Å². The number of imidazole rings is 1. The van der Waals surface area contributed by atoms with Gasteiger partial charge in [-0.3, -0.25) is 4.57 Å². The molecule has 0 atom stereocenters. The minimum Gasteiger partial charge on any atom is -0.504 e. The first kappa shape index (κ1) is 21.2. The van der Waals surface area contributed by atoms with Crippen LogP contribution in [0, 0.1) is 5.41 Å². The monoisotopic (exact) mass is 459 g/mol. The molecule has 34 heavy (non-hydrogen) atoms. The van der Waals surface area contributed by atoms with E-state index in [9.17, 15) is 5.11 Å². The number of para-hydroxylation sites is 1. The summed E-state index contributed by atoms with van der Waals surface area (Å²) >= 11 is 0. The second-order valence-electron chi connectivity index (χ2n) is 9.86. The van der Waals surface area contributed by atoms with Crippen LogP contribution in [0.3, 0.4) is 0 Å². The van der Waals surface area contributed by atoms with E-state index in [4.69, 9.17) is 20.2 Å². The highest BCUT2D eigenvalue weighted by Crippen LogP contribution is 2.35. The molecule has 3 N–H and O–H groups in total. The standard InChI is InChI=1S/C26H29N5O3/c1-26(13-33-14-26)15-34-23-11-19-21(12-22(23)32)31(16-28-19)24-6-5-17-3-2-4-20(25(17)29-24)30-9-7-18(27)8-10-30/h2-6,11-12,16,18,32H,7-10,13-15,27H2,1H3. The van der Waals surface area contributed by atoms with Gasteiger partial charge in [0.15, 0.2) is 11.5 Å². The molecule has 2 aliphatic rings. The van der Waals surface area contributed by atoms with Crippen molar-refractivity contribution in [3.8, 4) is 17.3 Å². The van der Waals surface area contributed by atoms with Crippen LogP contribution < -0.4 is 15.4 Å². The second-order valence-corrected chi connectivity index (χ2v) is 9.86. The molecule has 0 saturated carbocycles. The highest BCUT2D eigenvalue weighted by atomic mass is 16.5. The van der Waals surface area contributed by atoms with Crippen LogP contribution in [0.1, 0.15) is 19.8 Å². The Bertz CT molecular complexity index is 1360. The smallest absolute Gasteiger partial charge is 0.163 e. The Hall–Kier alpha value is -3.36. The van der Waals surface area contributed by atoms with E-state index in [1.54, 1.807) is 18.5 Å². The molecule has 2 fully saturated rings. The van der Waals surface area contributed by atoms with Crippen molar-refractivity contribution in [2.24, 2.45) is 11.1 Å². The van der Waals surface area contributed by atoms with Gasteiger partial charge in [-0.25, -0.2) is 9.97 Å². The van der Waals surface area contributed by atoms with Crippen LogP contribution in [-0.2, 0) is 4.74 Å². The van der Waals surface area contributed by atoms with Crippen molar-refractivity contribution in [1.82, 2.24) is 14.5 Å². The average molecular weight is 460 g/mol. The summed E-state index contributed by atoms with van der Waals surface area (Å²) in [5, 5.41) is 11.7. The number of pyridine rings is 1. The van der Waals surface area contributed by atoms with Crippen LogP contribution in [0.15, 0.2) is 48.8 Å². The first-order valence-electron chi connectivity index (χ1n) is 11.8. The lowest BCUT2D eigenvalue weighted by Crippen LogP contribution is -2.44. The Balaban J connectivity index is 1.35. The van der Waals surface area contributed by atoms with Gasteiger partial charge in [0, 0.05) is 42.1 Å². The third-order valence-corrected chi connectivity index (χ3v) is 6.92. The number of aromatic nitrogens is 3. The Labute approximate surface area is 197 Å². The number of phenolic OH excluding ortho intramolecular Hbond substituents is 1. The number of nitrogens with two attached hydrogens (primary N) is 1. The highest BCUT2D eigenvalue weighted by molar-refractivity contribution is 5.92. The molecule has 0 spiro atoms. The summed E-state index contributed by atoms with van der Waals surface area (Å²) in [6.07, 6.45) is 3.71. The minimum atomic E-state index is -0.00704. The van der Waals surface area contributed by atoms with Gasteiger partial charge in [-0.15, -0.1) is 0 Å². The summed E-state index contributed by atoms with van der Waals surface area (Å²) < 4.78 is 13.1. The van der Waals surface area contributed by atoms with Crippen molar-refractivity contribution in [1.29, 1.82) is 0 Å². The molecule has 0 amide bonds. The van der Waals surface area contributed by atoms with Gasteiger partial charge in [0.25, 0.3) is 0 Å². The molecule has 2 aromatic carbocycles. The molecule has 2 aromatic heterocycles. The van der Waals surface area contributed by atoms with Crippen LogP contribution in [0.25, 0.3) is 27.8 Å². The van der Waals surface area contributed by atoms with Crippen molar-refractivity contribution in [2.75, 3.05) is 37.8 Å². The van der Waals surface area contributed by atoms with Crippen molar-refractivity contribution >= 4 is 27.6 Å². The number of fused-ring (bicyclic) bond motifs is 2. The number of hydrogen-bond acceptors (Lipinski definition) is 7. The first-order chi connectivity index (χ1) is 16.5. The van der Waals surface area contributed by atoms with E-state index < -0.39 is 0 Å². The highest BCUT2D eigenvalue weighted by Gasteiger charge is 2.34. The van der Waals surface area contributed by atoms with Gasteiger partial charge in [-0.05, 0) is 31.0 Å². The number of aromatic hydroxyl groups is 1. The Kier molecular flexibility index (Phi) is 5.08. The van der Waals surface area contributed by atoms with Crippen LogP contribution in [0.5, 0.6) is 11.5 Å². The summed E-state index contributed by atoms with van der Waals surface area (Å²) in [7, 11) is 0. The Morgan fingerprint density at radius 3 is 2.76 bits per heavy atom. The van der Waals surface area contributed by atoms with Gasteiger partial charge >= 0.3 is 0 Å². The third-order valence-electron chi connectivity index (χ3n) is 6.92. The number of hydrogen-bond donors (Lipinski definition) is 2. The summed E-state index contributed by atoms with van der Waals surface area (Å²) in [5.74, 6) is 1.27. The van der Waals surface area contributed by atoms with Gasteiger partial charge < -0.3 is 25.2 Å². The Morgan fingerprint density at radius 2 is 2.00 bits per heavy atom. The number of piperidine rings is 1. The quantitative estimate of drug-likeness (QED) is 0.470. The zero-order valence-electron chi connectivity index (χ0n) is 19.3. The van der Waals surface area contributed by atoms with Gasteiger partial charge in [-0.2, -0.15) is 0 Å². The van der Waals surface area contributed by atoms with Crippen molar-refractivity contribution < 1.29 is 14.6 Å². The third kappa shape index (κ3) is 3.73. The molecule has 176 valence electrons. The maximum absolute atomic E-state index is 10.7. The zero-order chi connectivity index (χ0) is 23.3. The Morgan fingerprint density at radius 1 is 1.18 bits per heavy atom. The molecule has 0 unspecified atom stereocenters. The van der Waals surface area contributed by atoms with E-state index in [0.717, 1.165) is 59.4 Å². The largest absolute Gasteiger partial charge is 0.504 e. The number of phenols is 1. The molecule has 6 rings (SSSR count). The average Bonchev–Trinajstić information content (AvgIpc) is 3.23. The minimum absolute atomic E-state index is 0.00704. The number of nitrogens with zero attached hydrogens (tertiary/aromatic N) is 4. The predicted octanol–water partition coefficient (Wildman–Crippen LogP) is 3.62. The van der Waals surface area contributed by atoms with Gasteiger partial charge in [0.05, 0.1) is 42.1 Å². The van der Waals surface area contributed by atoms with Gasteiger partial charge in [0.2, 0.25) is 0 Å². The normalized spacial score (nSPS) is 18.4. The molecular weight excluding hydrogens is 430 g/mol. The van der Waals surface area contributed by atoms with E-state index in [2.05, 4.69) is 41.1 Å². The van der Waals surface area contributed by atoms with Crippen molar-refractivity contribution in [3.63, 3.8) is 0 Å². The van der Waals surface area contributed by atoms with Gasteiger partial charge in [0.1, 0.15) is 12.1 Å². The molecule has 4 heterocycles. The fourth-order valence-corrected chi connectivity index (χ4v) is 4.76. The molecular formula is C26H29N5O3. The van der Waals surface area contributed by atoms with Crippen LogP contribution in [0.2, 0.25) is 0 Å². The van der Waals surface area contributed by atoms with Crippen molar-refractivity contribution in [2.45, 2.75) is 25.8 Å².